The van der Waals surface area contributed by atoms with Crippen LogP contribution < -0.4 is 0 Å². The zero-order valence-electron chi connectivity index (χ0n) is 9.89. The summed E-state index contributed by atoms with van der Waals surface area (Å²) in [6.07, 6.45) is 0. The number of nitrogens with zero attached hydrogens (tertiary/aromatic N) is 1. The van der Waals surface area contributed by atoms with E-state index in [1.54, 1.807) is 12.1 Å². The van der Waals surface area contributed by atoms with Gasteiger partial charge >= 0.3 is 0 Å². The van der Waals surface area contributed by atoms with E-state index in [0.717, 1.165) is 6.54 Å². The molecule has 96 valence electrons. The number of benzene rings is 1. The molecule has 1 saturated heterocycles. The highest BCUT2D eigenvalue weighted by Crippen LogP contribution is 2.33. The predicted octanol–water partition coefficient (Wildman–Crippen LogP) is 2.26. The molecule has 1 aromatic carbocycles. The Morgan fingerprint density at radius 3 is 2.88 bits per heavy atom. The standard InChI is InChI=1S/C12H16ClNO2.ClH/c1-9-12(15,16-7-6-14(9)2)10-4-3-5-11(13)8-10;/h3-5,8-9,15H,6-7H2,1-2H3;1H. The first kappa shape index (κ1) is 14.7. The molecule has 3 nitrogen and oxygen atoms in total. The van der Waals surface area contributed by atoms with E-state index in [2.05, 4.69) is 4.90 Å². The predicted molar refractivity (Wildman–Crippen MR) is 70.6 cm³/mol. The van der Waals surface area contributed by atoms with E-state index in [4.69, 9.17) is 16.3 Å². The maximum absolute atomic E-state index is 10.6. The van der Waals surface area contributed by atoms with E-state index in [1.165, 1.54) is 0 Å². The van der Waals surface area contributed by atoms with Crippen LogP contribution in [0, 0.1) is 0 Å². The third kappa shape index (κ3) is 2.75. The lowest BCUT2D eigenvalue weighted by molar-refractivity contribution is -0.271. The Hall–Kier alpha value is -0.320. The Balaban J connectivity index is 0.00000144. The van der Waals surface area contributed by atoms with Crippen molar-refractivity contribution >= 4 is 24.0 Å². The van der Waals surface area contributed by atoms with E-state index in [0.29, 0.717) is 17.2 Å². The van der Waals surface area contributed by atoms with Gasteiger partial charge in [-0.1, -0.05) is 23.7 Å². The summed E-state index contributed by atoms with van der Waals surface area (Å²) >= 11 is 5.93. The minimum Gasteiger partial charge on any atom is -0.361 e. The monoisotopic (exact) mass is 277 g/mol. The zero-order chi connectivity index (χ0) is 11.8. The molecule has 0 spiro atoms. The Kier molecular flexibility index (Phi) is 4.81. The van der Waals surface area contributed by atoms with Gasteiger partial charge in [0.25, 0.3) is 0 Å². The molecule has 17 heavy (non-hydrogen) atoms. The molecule has 1 heterocycles. The molecule has 2 unspecified atom stereocenters. The summed E-state index contributed by atoms with van der Waals surface area (Å²) in [5.74, 6) is -1.27. The van der Waals surface area contributed by atoms with Crippen LogP contribution in [-0.2, 0) is 10.5 Å². The van der Waals surface area contributed by atoms with Crippen LogP contribution in [0.25, 0.3) is 0 Å². The first-order valence-electron chi connectivity index (χ1n) is 5.36. The molecule has 5 heteroatoms. The molecule has 0 bridgehead atoms. The summed E-state index contributed by atoms with van der Waals surface area (Å²) in [5.41, 5.74) is 0.707. The van der Waals surface area contributed by atoms with Gasteiger partial charge < -0.3 is 9.84 Å². The molecule has 1 aliphatic heterocycles. The van der Waals surface area contributed by atoms with Gasteiger partial charge in [0.2, 0.25) is 5.79 Å². The average molecular weight is 278 g/mol. The van der Waals surface area contributed by atoms with E-state index in [-0.39, 0.29) is 18.4 Å². The summed E-state index contributed by atoms with van der Waals surface area (Å²) < 4.78 is 5.54. The average Bonchev–Trinajstić information content (AvgIpc) is 2.26. The maximum atomic E-state index is 10.6. The van der Waals surface area contributed by atoms with Crippen LogP contribution in [0.5, 0.6) is 0 Å². The number of aliphatic hydroxyl groups is 1. The molecule has 2 atom stereocenters. The molecule has 0 aromatic heterocycles. The summed E-state index contributed by atoms with van der Waals surface area (Å²) in [7, 11) is 1.97. The number of halogens is 2. The van der Waals surface area contributed by atoms with Crippen molar-refractivity contribution in [1.82, 2.24) is 4.90 Å². The van der Waals surface area contributed by atoms with Gasteiger partial charge in [0.05, 0.1) is 12.6 Å². The van der Waals surface area contributed by atoms with Crippen molar-refractivity contribution in [3.8, 4) is 0 Å². The molecule has 1 N–H and O–H groups in total. The largest absolute Gasteiger partial charge is 0.361 e. The van der Waals surface area contributed by atoms with Gasteiger partial charge in [0.15, 0.2) is 0 Å². The van der Waals surface area contributed by atoms with Crippen molar-refractivity contribution in [2.45, 2.75) is 18.8 Å². The second-order valence-electron chi connectivity index (χ2n) is 4.21. The molecule has 0 radical (unpaired) electrons. The van der Waals surface area contributed by atoms with Crippen LogP contribution in [0.1, 0.15) is 12.5 Å². The highest BCUT2D eigenvalue weighted by molar-refractivity contribution is 6.30. The molecule has 2 rings (SSSR count). The molecule has 1 aliphatic rings. The fraction of sp³-hybridized carbons (Fsp3) is 0.500. The van der Waals surface area contributed by atoms with Crippen molar-refractivity contribution in [2.75, 3.05) is 20.2 Å². The fourth-order valence-corrected chi connectivity index (χ4v) is 2.18. The third-order valence-corrected chi connectivity index (χ3v) is 3.47. The molecular formula is C12H17Cl2NO2. The van der Waals surface area contributed by atoms with Crippen molar-refractivity contribution in [2.24, 2.45) is 0 Å². The second-order valence-corrected chi connectivity index (χ2v) is 4.65. The summed E-state index contributed by atoms with van der Waals surface area (Å²) in [6, 6.07) is 7.09. The number of rotatable bonds is 1. The Labute approximate surface area is 113 Å². The SMILES string of the molecule is CC1N(C)CCOC1(O)c1cccc(Cl)c1.Cl. The van der Waals surface area contributed by atoms with Crippen LogP contribution in [0.15, 0.2) is 24.3 Å². The first-order chi connectivity index (χ1) is 7.54. The number of ether oxygens (including phenoxy) is 1. The van der Waals surface area contributed by atoms with Crippen LogP contribution >= 0.6 is 24.0 Å². The van der Waals surface area contributed by atoms with E-state index in [1.807, 2.05) is 26.1 Å². The first-order valence-corrected chi connectivity index (χ1v) is 5.74. The van der Waals surface area contributed by atoms with Gasteiger partial charge in [-0.25, -0.2) is 0 Å². The minimum absolute atomic E-state index is 0. The van der Waals surface area contributed by atoms with Gasteiger partial charge in [-0.2, -0.15) is 0 Å². The lowest BCUT2D eigenvalue weighted by Gasteiger charge is -2.43. The molecule has 0 amide bonds. The molecule has 1 fully saturated rings. The highest BCUT2D eigenvalue weighted by Gasteiger charge is 2.42. The Bertz CT molecular complexity index is 389. The van der Waals surface area contributed by atoms with E-state index >= 15 is 0 Å². The lowest BCUT2D eigenvalue weighted by Crippen LogP contribution is -2.55. The smallest absolute Gasteiger partial charge is 0.208 e. The summed E-state index contributed by atoms with van der Waals surface area (Å²) in [6.45, 7) is 3.29. The van der Waals surface area contributed by atoms with Crippen LogP contribution in [0.2, 0.25) is 5.02 Å². The van der Waals surface area contributed by atoms with Gasteiger partial charge in [-0.05, 0) is 26.1 Å². The highest BCUT2D eigenvalue weighted by atomic mass is 35.5. The number of hydrogen-bond donors (Lipinski definition) is 1. The normalized spacial score (nSPS) is 29.8. The quantitative estimate of drug-likeness (QED) is 0.855. The maximum Gasteiger partial charge on any atom is 0.208 e. The topological polar surface area (TPSA) is 32.7 Å². The third-order valence-electron chi connectivity index (χ3n) is 3.23. The van der Waals surface area contributed by atoms with Crippen LogP contribution in [0.4, 0.5) is 0 Å². The number of likely N-dealkylation sites (N-methyl/N-ethyl adjacent to an activating group) is 1. The van der Waals surface area contributed by atoms with Crippen molar-refractivity contribution in [3.63, 3.8) is 0 Å². The van der Waals surface area contributed by atoms with Gasteiger partial charge in [-0.3, -0.25) is 4.90 Å². The van der Waals surface area contributed by atoms with Gasteiger partial charge in [0.1, 0.15) is 0 Å². The number of morpholine rings is 1. The van der Waals surface area contributed by atoms with Crippen molar-refractivity contribution in [3.05, 3.63) is 34.9 Å². The van der Waals surface area contributed by atoms with Gasteiger partial charge in [0, 0.05) is 17.1 Å². The molecule has 0 saturated carbocycles. The van der Waals surface area contributed by atoms with Crippen LogP contribution in [0.3, 0.4) is 0 Å². The summed E-state index contributed by atoms with van der Waals surface area (Å²) in [5, 5.41) is 11.2. The van der Waals surface area contributed by atoms with Crippen LogP contribution in [-0.4, -0.2) is 36.2 Å². The lowest BCUT2D eigenvalue weighted by atomic mass is 9.97. The summed E-state index contributed by atoms with van der Waals surface area (Å²) in [4.78, 5) is 2.07. The number of hydrogen-bond acceptors (Lipinski definition) is 3. The van der Waals surface area contributed by atoms with Crippen molar-refractivity contribution in [1.29, 1.82) is 0 Å². The molecule has 0 aliphatic carbocycles. The zero-order valence-corrected chi connectivity index (χ0v) is 11.5. The molecule has 1 aromatic rings. The van der Waals surface area contributed by atoms with Gasteiger partial charge in [-0.15, -0.1) is 12.4 Å². The minimum atomic E-state index is -1.27. The van der Waals surface area contributed by atoms with Crippen molar-refractivity contribution < 1.29 is 9.84 Å². The Morgan fingerprint density at radius 1 is 1.53 bits per heavy atom. The molecular weight excluding hydrogens is 261 g/mol. The Morgan fingerprint density at radius 2 is 2.24 bits per heavy atom. The van der Waals surface area contributed by atoms with E-state index in [9.17, 15) is 5.11 Å². The second kappa shape index (κ2) is 5.55. The van der Waals surface area contributed by atoms with E-state index < -0.39 is 5.79 Å². The fourth-order valence-electron chi connectivity index (χ4n) is 1.99.